The van der Waals surface area contributed by atoms with E-state index >= 15 is 0 Å². The van der Waals surface area contributed by atoms with E-state index in [-0.39, 0.29) is 11.1 Å². The minimum Gasteiger partial charge on any atom is -0.399 e. The van der Waals surface area contributed by atoms with E-state index in [1.807, 2.05) is 0 Å². The molecule has 0 bridgehead atoms. The molecule has 102 valence electrons. The first-order chi connectivity index (χ1) is 9.49. The van der Waals surface area contributed by atoms with Crippen molar-refractivity contribution in [1.82, 2.24) is 0 Å². The van der Waals surface area contributed by atoms with Gasteiger partial charge in [0, 0.05) is 5.69 Å². The van der Waals surface area contributed by atoms with Gasteiger partial charge in [-0.1, -0.05) is 24.3 Å². The number of hydrogen-bond acceptors (Lipinski definition) is 2. The van der Waals surface area contributed by atoms with Gasteiger partial charge in [0.25, 0.3) is 0 Å². The lowest BCUT2D eigenvalue weighted by Crippen LogP contribution is -2.02. The maximum absolute atomic E-state index is 13.6. The Bertz CT molecular complexity index is 676. The highest BCUT2D eigenvalue weighted by molar-refractivity contribution is 6.07. The number of benzene rings is 2. The van der Waals surface area contributed by atoms with E-state index < -0.39 is 17.4 Å². The summed E-state index contributed by atoms with van der Waals surface area (Å²) in [5.41, 5.74) is 6.79. The highest BCUT2D eigenvalue weighted by atomic mass is 19.2. The molecule has 4 heteroatoms. The molecule has 0 spiro atoms. The van der Waals surface area contributed by atoms with Crippen LogP contribution >= 0.6 is 0 Å². The zero-order chi connectivity index (χ0) is 14.7. The second-order valence-corrected chi connectivity index (χ2v) is 4.42. The summed E-state index contributed by atoms with van der Waals surface area (Å²) >= 11 is 0. The topological polar surface area (TPSA) is 43.1 Å². The van der Waals surface area contributed by atoms with E-state index in [4.69, 9.17) is 5.73 Å². The molecule has 2 rings (SSSR count). The summed E-state index contributed by atoms with van der Waals surface area (Å²) in [7, 11) is 0. The van der Waals surface area contributed by atoms with E-state index in [1.54, 1.807) is 24.3 Å². The Morgan fingerprint density at radius 3 is 2.35 bits per heavy atom. The Kier molecular flexibility index (Phi) is 3.94. The van der Waals surface area contributed by atoms with Crippen LogP contribution in [0.4, 0.5) is 14.5 Å². The summed E-state index contributed by atoms with van der Waals surface area (Å²) in [6.07, 6.45) is 2.73. The number of rotatable bonds is 3. The molecular formula is C16H13F2NO. The summed E-state index contributed by atoms with van der Waals surface area (Å²) in [4.78, 5) is 11.9. The highest BCUT2D eigenvalue weighted by Crippen LogP contribution is 2.17. The largest absolute Gasteiger partial charge is 0.399 e. The number of nitrogens with two attached hydrogens (primary N) is 1. The first-order valence-electron chi connectivity index (χ1n) is 6.01. The fraction of sp³-hybridized carbons (Fsp3) is 0.0625. The van der Waals surface area contributed by atoms with Gasteiger partial charge in [-0.2, -0.15) is 0 Å². The standard InChI is InChI=1S/C16H13F2NO/c1-10-2-8-13(16(18)15(10)17)14(20)9-5-11-3-6-12(19)7-4-11/h2-9H,19H2,1H3/b9-5+. The molecule has 20 heavy (non-hydrogen) atoms. The molecular weight excluding hydrogens is 260 g/mol. The van der Waals surface area contributed by atoms with Crippen molar-refractivity contribution in [3.8, 4) is 0 Å². The SMILES string of the molecule is Cc1ccc(C(=O)/C=C/c2ccc(N)cc2)c(F)c1F. The van der Waals surface area contributed by atoms with Crippen LogP contribution in [0.2, 0.25) is 0 Å². The van der Waals surface area contributed by atoms with Gasteiger partial charge in [0.05, 0.1) is 5.56 Å². The monoisotopic (exact) mass is 273 g/mol. The maximum atomic E-state index is 13.6. The average molecular weight is 273 g/mol. The predicted molar refractivity (Wildman–Crippen MR) is 75.3 cm³/mol. The summed E-state index contributed by atoms with van der Waals surface area (Å²) in [5, 5.41) is 0. The van der Waals surface area contributed by atoms with E-state index in [1.165, 1.54) is 31.2 Å². The molecule has 0 unspecified atom stereocenters. The van der Waals surface area contributed by atoms with Crippen LogP contribution in [0, 0.1) is 18.6 Å². The molecule has 0 atom stereocenters. The lowest BCUT2D eigenvalue weighted by atomic mass is 10.1. The van der Waals surface area contributed by atoms with Crippen LogP contribution < -0.4 is 5.73 Å². The second kappa shape index (κ2) is 5.65. The average Bonchev–Trinajstić information content (AvgIpc) is 2.44. The van der Waals surface area contributed by atoms with Gasteiger partial charge in [-0.05, 0) is 42.3 Å². The first-order valence-corrected chi connectivity index (χ1v) is 6.01. The Morgan fingerprint density at radius 1 is 1.05 bits per heavy atom. The van der Waals surface area contributed by atoms with Crippen molar-refractivity contribution in [2.75, 3.05) is 5.73 Å². The summed E-state index contributed by atoms with van der Waals surface area (Å²) in [6, 6.07) is 9.50. The van der Waals surface area contributed by atoms with Gasteiger partial charge < -0.3 is 5.73 Å². The molecule has 2 nitrogen and oxygen atoms in total. The van der Waals surface area contributed by atoms with Crippen molar-refractivity contribution in [3.05, 3.63) is 70.8 Å². The Labute approximate surface area is 115 Å². The molecule has 0 heterocycles. The van der Waals surface area contributed by atoms with E-state index in [0.29, 0.717) is 5.69 Å². The molecule has 0 aliphatic heterocycles. The molecule has 0 saturated heterocycles. The number of ketones is 1. The molecule has 2 aromatic rings. The van der Waals surface area contributed by atoms with Crippen LogP contribution in [-0.2, 0) is 0 Å². The normalized spacial score (nSPS) is 10.9. The fourth-order valence-corrected chi connectivity index (χ4v) is 1.71. The lowest BCUT2D eigenvalue weighted by molar-refractivity contribution is 0.104. The first kappa shape index (κ1) is 13.9. The number of carbonyl (C=O) groups is 1. The van der Waals surface area contributed by atoms with Crippen molar-refractivity contribution in [2.45, 2.75) is 6.92 Å². The minimum absolute atomic E-state index is 0.168. The molecule has 0 saturated carbocycles. The number of nitrogen functional groups attached to an aromatic ring is 1. The summed E-state index contributed by atoms with van der Waals surface area (Å²) in [6.45, 7) is 1.44. The number of aryl methyl sites for hydroxylation is 1. The molecule has 2 aromatic carbocycles. The van der Waals surface area contributed by atoms with Gasteiger partial charge in [-0.3, -0.25) is 4.79 Å². The van der Waals surface area contributed by atoms with Gasteiger partial charge in [0.15, 0.2) is 17.4 Å². The number of carbonyl (C=O) groups excluding carboxylic acids is 1. The summed E-state index contributed by atoms with van der Waals surface area (Å²) < 4.78 is 27.0. The Morgan fingerprint density at radius 2 is 1.70 bits per heavy atom. The number of hydrogen-bond donors (Lipinski definition) is 1. The highest BCUT2D eigenvalue weighted by Gasteiger charge is 2.14. The minimum atomic E-state index is -1.11. The van der Waals surface area contributed by atoms with Crippen molar-refractivity contribution in [2.24, 2.45) is 0 Å². The van der Waals surface area contributed by atoms with Crippen molar-refractivity contribution in [3.63, 3.8) is 0 Å². The number of halogens is 2. The maximum Gasteiger partial charge on any atom is 0.188 e. The van der Waals surface area contributed by atoms with E-state index in [2.05, 4.69) is 0 Å². The van der Waals surface area contributed by atoms with Gasteiger partial charge in [0.2, 0.25) is 0 Å². The predicted octanol–water partition coefficient (Wildman–Crippen LogP) is 3.75. The van der Waals surface area contributed by atoms with Crippen molar-refractivity contribution >= 4 is 17.5 Å². The third-order valence-electron chi connectivity index (χ3n) is 2.90. The summed E-state index contributed by atoms with van der Waals surface area (Å²) in [5.74, 6) is -2.69. The van der Waals surface area contributed by atoms with Gasteiger partial charge >= 0.3 is 0 Å². The van der Waals surface area contributed by atoms with Crippen LogP contribution in [0.15, 0.2) is 42.5 Å². The zero-order valence-electron chi connectivity index (χ0n) is 10.9. The van der Waals surface area contributed by atoms with Gasteiger partial charge in [-0.25, -0.2) is 8.78 Å². The van der Waals surface area contributed by atoms with Crippen LogP contribution in [0.3, 0.4) is 0 Å². The van der Waals surface area contributed by atoms with Crippen LogP contribution in [-0.4, -0.2) is 5.78 Å². The lowest BCUT2D eigenvalue weighted by Gasteiger charge is -2.02. The molecule has 0 fully saturated rings. The van der Waals surface area contributed by atoms with Crippen LogP contribution in [0.1, 0.15) is 21.5 Å². The van der Waals surface area contributed by atoms with E-state index in [9.17, 15) is 13.6 Å². The van der Waals surface area contributed by atoms with Gasteiger partial charge in [0.1, 0.15) is 0 Å². The molecule has 0 aromatic heterocycles. The Balaban J connectivity index is 2.24. The molecule has 0 radical (unpaired) electrons. The van der Waals surface area contributed by atoms with Crippen molar-refractivity contribution in [1.29, 1.82) is 0 Å². The smallest absolute Gasteiger partial charge is 0.188 e. The van der Waals surface area contributed by atoms with Crippen LogP contribution in [0.25, 0.3) is 6.08 Å². The van der Waals surface area contributed by atoms with Crippen molar-refractivity contribution < 1.29 is 13.6 Å². The van der Waals surface area contributed by atoms with Gasteiger partial charge in [-0.15, -0.1) is 0 Å². The van der Waals surface area contributed by atoms with E-state index in [0.717, 1.165) is 5.56 Å². The third-order valence-corrected chi connectivity index (χ3v) is 2.90. The fourth-order valence-electron chi connectivity index (χ4n) is 1.71. The number of anilines is 1. The molecule has 0 aliphatic rings. The second-order valence-electron chi connectivity index (χ2n) is 4.42. The molecule has 0 amide bonds. The third kappa shape index (κ3) is 2.91. The number of allylic oxidation sites excluding steroid dienone is 1. The quantitative estimate of drug-likeness (QED) is 0.526. The Hall–Kier alpha value is -2.49. The molecule has 0 aliphatic carbocycles. The van der Waals surface area contributed by atoms with Crippen LogP contribution in [0.5, 0.6) is 0 Å². The molecule has 2 N–H and O–H groups in total. The zero-order valence-corrected chi connectivity index (χ0v) is 10.9.